The van der Waals surface area contributed by atoms with Gasteiger partial charge in [0.2, 0.25) is 5.91 Å². The number of halogens is 1. The van der Waals surface area contributed by atoms with Gasteiger partial charge in [-0.05, 0) is 31.0 Å². The fourth-order valence-corrected chi connectivity index (χ4v) is 2.19. The average Bonchev–Trinajstić information content (AvgIpc) is 2.89. The third-order valence-electron chi connectivity index (χ3n) is 2.87. The van der Waals surface area contributed by atoms with Crippen LogP contribution in [-0.2, 0) is 17.8 Å². The summed E-state index contributed by atoms with van der Waals surface area (Å²) in [7, 11) is 0. The largest absolute Gasteiger partial charge is 0.353 e. The van der Waals surface area contributed by atoms with Crippen LogP contribution in [0.3, 0.4) is 0 Å². The zero-order valence-corrected chi connectivity index (χ0v) is 12.0. The third kappa shape index (κ3) is 4.66. The van der Waals surface area contributed by atoms with Gasteiger partial charge in [-0.3, -0.25) is 9.48 Å². The van der Waals surface area contributed by atoms with Crippen molar-refractivity contribution < 1.29 is 4.79 Å². The molecule has 1 heterocycles. The molecule has 1 amide bonds. The molecule has 1 aromatic carbocycles. The lowest BCUT2D eigenvalue weighted by atomic mass is 10.1. The van der Waals surface area contributed by atoms with Crippen LogP contribution in [0.5, 0.6) is 0 Å². The van der Waals surface area contributed by atoms with Gasteiger partial charge in [0.25, 0.3) is 0 Å². The number of nitrogens with one attached hydrogen (secondary N) is 1. The Labute approximate surface area is 123 Å². The molecule has 20 heavy (non-hydrogen) atoms. The number of carbonyl (C=O) groups excluding carboxylic acids is 1. The van der Waals surface area contributed by atoms with Gasteiger partial charge >= 0.3 is 0 Å². The topological polar surface area (TPSA) is 59.8 Å². The van der Waals surface area contributed by atoms with Crippen LogP contribution >= 0.6 is 11.6 Å². The summed E-state index contributed by atoms with van der Waals surface area (Å²) in [5.74, 6) is 0.00929. The van der Waals surface area contributed by atoms with E-state index >= 15 is 0 Å². The normalized spacial score (nSPS) is 12.1. The Hall–Kier alpha value is -1.88. The van der Waals surface area contributed by atoms with Crippen molar-refractivity contribution in [1.29, 1.82) is 0 Å². The zero-order chi connectivity index (χ0) is 14.4. The maximum absolute atomic E-state index is 11.8. The van der Waals surface area contributed by atoms with E-state index in [1.165, 1.54) is 6.33 Å². The van der Waals surface area contributed by atoms with E-state index in [4.69, 9.17) is 11.6 Å². The standard InChI is InChI=1S/C14H17ClN4O/c1-11(7-12-3-2-4-13(15)8-12)18-14(20)5-6-19-10-16-9-17-19/h2-4,8-11H,5-7H2,1H3,(H,18,20)/t11-/m1/s1. The predicted molar refractivity (Wildman–Crippen MR) is 77.4 cm³/mol. The number of amides is 1. The maximum Gasteiger partial charge on any atom is 0.222 e. The Morgan fingerprint density at radius 1 is 1.50 bits per heavy atom. The molecule has 0 aliphatic carbocycles. The monoisotopic (exact) mass is 292 g/mol. The number of aromatic nitrogens is 3. The SMILES string of the molecule is C[C@H](Cc1cccc(Cl)c1)NC(=O)CCn1cncn1. The minimum absolute atomic E-state index is 0.00929. The van der Waals surface area contributed by atoms with Gasteiger partial charge in [0.15, 0.2) is 0 Å². The first-order valence-electron chi connectivity index (χ1n) is 6.49. The van der Waals surface area contributed by atoms with Gasteiger partial charge in [0.05, 0.1) is 6.54 Å². The van der Waals surface area contributed by atoms with Crippen molar-refractivity contribution in [3.05, 3.63) is 47.5 Å². The Kier molecular flexibility index (Phi) is 5.12. The maximum atomic E-state index is 11.8. The minimum Gasteiger partial charge on any atom is -0.353 e. The van der Waals surface area contributed by atoms with E-state index in [0.29, 0.717) is 18.0 Å². The molecule has 0 spiro atoms. The third-order valence-corrected chi connectivity index (χ3v) is 3.11. The fraction of sp³-hybridized carbons (Fsp3) is 0.357. The quantitative estimate of drug-likeness (QED) is 0.886. The van der Waals surface area contributed by atoms with Crippen LogP contribution in [0, 0.1) is 0 Å². The van der Waals surface area contributed by atoms with Gasteiger partial charge in [-0.15, -0.1) is 0 Å². The number of rotatable bonds is 6. The molecule has 0 radical (unpaired) electrons. The van der Waals surface area contributed by atoms with Crippen LogP contribution in [0.15, 0.2) is 36.9 Å². The summed E-state index contributed by atoms with van der Waals surface area (Å²) in [5, 5.41) is 7.64. The van der Waals surface area contributed by atoms with Crippen LogP contribution in [0.1, 0.15) is 18.9 Å². The second-order valence-electron chi connectivity index (χ2n) is 4.71. The molecule has 0 saturated carbocycles. The molecule has 1 atom stereocenters. The lowest BCUT2D eigenvalue weighted by Gasteiger charge is -2.14. The van der Waals surface area contributed by atoms with Crippen molar-refractivity contribution in [2.75, 3.05) is 0 Å². The second-order valence-corrected chi connectivity index (χ2v) is 5.15. The molecule has 1 aromatic heterocycles. The zero-order valence-electron chi connectivity index (χ0n) is 11.3. The van der Waals surface area contributed by atoms with Crippen LogP contribution in [-0.4, -0.2) is 26.7 Å². The van der Waals surface area contributed by atoms with E-state index in [9.17, 15) is 4.79 Å². The number of aryl methyl sites for hydroxylation is 1. The van der Waals surface area contributed by atoms with Crippen molar-refractivity contribution in [3.63, 3.8) is 0 Å². The molecule has 2 aromatic rings. The van der Waals surface area contributed by atoms with Crippen LogP contribution in [0.2, 0.25) is 5.02 Å². The molecule has 6 heteroatoms. The van der Waals surface area contributed by atoms with E-state index in [-0.39, 0.29) is 11.9 Å². The fourth-order valence-electron chi connectivity index (χ4n) is 1.98. The van der Waals surface area contributed by atoms with Gasteiger partial charge < -0.3 is 5.32 Å². The first-order chi connectivity index (χ1) is 9.63. The van der Waals surface area contributed by atoms with Crippen LogP contribution < -0.4 is 5.32 Å². The van der Waals surface area contributed by atoms with Crippen molar-refractivity contribution in [2.24, 2.45) is 0 Å². The summed E-state index contributed by atoms with van der Waals surface area (Å²) >= 11 is 5.94. The number of nitrogens with zero attached hydrogens (tertiary/aromatic N) is 3. The molecule has 0 fully saturated rings. The Bertz CT molecular complexity index is 556. The van der Waals surface area contributed by atoms with E-state index < -0.39 is 0 Å². The summed E-state index contributed by atoms with van der Waals surface area (Å²) in [6.45, 7) is 2.52. The highest BCUT2D eigenvalue weighted by atomic mass is 35.5. The molecule has 2 rings (SSSR count). The molecule has 5 nitrogen and oxygen atoms in total. The first kappa shape index (κ1) is 14.5. The summed E-state index contributed by atoms with van der Waals surface area (Å²) in [5.41, 5.74) is 1.11. The van der Waals surface area contributed by atoms with Crippen molar-refractivity contribution in [3.8, 4) is 0 Å². The van der Waals surface area contributed by atoms with E-state index in [1.54, 1.807) is 11.0 Å². The number of hydrogen-bond acceptors (Lipinski definition) is 3. The molecule has 1 N–H and O–H groups in total. The molecule has 0 aliphatic rings. The highest BCUT2D eigenvalue weighted by Crippen LogP contribution is 2.12. The van der Waals surface area contributed by atoms with Crippen molar-refractivity contribution in [2.45, 2.75) is 32.4 Å². The highest BCUT2D eigenvalue weighted by molar-refractivity contribution is 6.30. The van der Waals surface area contributed by atoms with Crippen molar-refractivity contribution in [1.82, 2.24) is 20.1 Å². The Balaban J connectivity index is 1.76. The lowest BCUT2D eigenvalue weighted by Crippen LogP contribution is -2.34. The summed E-state index contributed by atoms with van der Waals surface area (Å²) in [4.78, 5) is 15.6. The Morgan fingerprint density at radius 2 is 2.35 bits per heavy atom. The summed E-state index contributed by atoms with van der Waals surface area (Å²) in [6.07, 6.45) is 4.21. The molecule has 0 unspecified atom stereocenters. The highest BCUT2D eigenvalue weighted by Gasteiger charge is 2.08. The summed E-state index contributed by atoms with van der Waals surface area (Å²) in [6, 6.07) is 7.74. The molecule has 0 aliphatic heterocycles. The van der Waals surface area contributed by atoms with Gasteiger partial charge in [-0.25, -0.2) is 4.98 Å². The van der Waals surface area contributed by atoms with E-state index in [1.807, 2.05) is 31.2 Å². The first-order valence-corrected chi connectivity index (χ1v) is 6.87. The van der Waals surface area contributed by atoms with Crippen LogP contribution in [0.4, 0.5) is 0 Å². The molecular formula is C14H17ClN4O. The summed E-state index contributed by atoms with van der Waals surface area (Å²) < 4.78 is 1.64. The minimum atomic E-state index is 0.00929. The number of carbonyl (C=O) groups is 1. The predicted octanol–water partition coefficient (Wildman–Crippen LogP) is 2.07. The molecule has 106 valence electrons. The Morgan fingerprint density at radius 3 is 3.05 bits per heavy atom. The molecule has 0 bridgehead atoms. The molecule has 0 saturated heterocycles. The second kappa shape index (κ2) is 7.05. The van der Waals surface area contributed by atoms with Gasteiger partial charge in [-0.2, -0.15) is 5.10 Å². The van der Waals surface area contributed by atoms with Crippen molar-refractivity contribution >= 4 is 17.5 Å². The van der Waals surface area contributed by atoms with E-state index in [0.717, 1.165) is 12.0 Å². The lowest BCUT2D eigenvalue weighted by molar-refractivity contribution is -0.121. The number of benzene rings is 1. The smallest absolute Gasteiger partial charge is 0.222 e. The van der Waals surface area contributed by atoms with Gasteiger partial charge in [-0.1, -0.05) is 23.7 Å². The van der Waals surface area contributed by atoms with Gasteiger partial charge in [0, 0.05) is 17.5 Å². The van der Waals surface area contributed by atoms with Crippen LogP contribution in [0.25, 0.3) is 0 Å². The van der Waals surface area contributed by atoms with Gasteiger partial charge in [0.1, 0.15) is 12.7 Å². The molecular weight excluding hydrogens is 276 g/mol. The number of hydrogen-bond donors (Lipinski definition) is 1. The average molecular weight is 293 g/mol. The van der Waals surface area contributed by atoms with E-state index in [2.05, 4.69) is 15.4 Å².